The van der Waals surface area contributed by atoms with Gasteiger partial charge in [0.25, 0.3) is 11.8 Å². The van der Waals surface area contributed by atoms with Crippen molar-refractivity contribution in [3.63, 3.8) is 0 Å². The number of rotatable bonds is 7. The fraction of sp³-hybridized carbons (Fsp3) is 0.302. The summed E-state index contributed by atoms with van der Waals surface area (Å²) < 4.78 is 37.9. The third-order valence-electron chi connectivity index (χ3n) is 10.9. The summed E-state index contributed by atoms with van der Waals surface area (Å²) in [7, 11) is 0. The third kappa shape index (κ3) is 7.25. The van der Waals surface area contributed by atoms with Crippen molar-refractivity contribution >= 4 is 35.6 Å². The Morgan fingerprint density at radius 1 is 0.852 bits per heavy atom. The monoisotopic (exact) mass is 752 g/mol. The molecule has 2 amide bonds. The molecular formula is C43H43ClF2N4O4. The lowest BCUT2D eigenvalue weighted by molar-refractivity contribution is 0.0193. The van der Waals surface area contributed by atoms with E-state index in [1.54, 1.807) is 43.3 Å². The molecule has 3 aliphatic rings. The van der Waals surface area contributed by atoms with E-state index in [0.29, 0.717) is 85.0 Å². The van der Waals surface area contributed by atoms with E-state index >= 15 is 4.39 Å². The van der Waals surface area contributed by atoms with Gasteiger partial charge in [0.2, 0.25) is 0 Å². The van der Waals surface area contributed by atoms with Crippen molar-refractivity contribution in [2.75, 3.05) is 37.7 Å². The lowest BCUT2D eigenvalue weighted by atomic mass is 9.92. The highest BCUT2D eigenvalue weighted by atomic mass is 35.5. The fourth-order valence-electron chi connectivity index (χ4n) is 8.05. The molecule has 3 aliphatic heterocycles. The maximum absolute atomic E-state index is 15.3. The number of benzene rings is 4. The average molecular weight is 753 g/mol. The number of ether oxygens (including phenoxy) is 1. The lowest BCUT2D eigenvalue weighted by Gasteiger charge is -2.40. The number of anilines is 2. The summed E-state index contributed by atoms with van der Waals surface area (Å²) in [6, 6.07) is 25.0. The summed E-state index contributed by atoms with van der Waals surface area (Å²) in [6.45, 7) is 6.30. The number of aromatic nitrogens is 1. The average Bonchev–Trinajstić information content (AvgIpc) is 3.56. The summed E-state index contributed by atoms with van der Waals surface area (Å²) in [5.41, 5.74) is 6.13. The van der Waals surface area contributed by atoms with Crippen LogP contribution in [-0.4, -0.2) is 70.2 Å². The van der Waals surface area contributed by atoms with Gasteiger partial charge in [0, 0.05) is 67.0 Å². The Morgan fingerprint density at radius 2 is 1.59 bits per heavy atom. The van der Waals surface area contributed by atoms with Crippen LogP contribution in [0.3, 0.4) is 0 Å². The molecule has 11 heteroatoms. The number of carbonyl (C=O) groups is 2. The van der Waals surface area contributed by atoms with Crippen molar-refractivity contribution in [2.45, 2.75) is 51.7 Å². The number of amides is 2. The molecule has 8 rings (SSSR count). The number of phenolic OH excluding ortho intramolecular Hbond substituents is 1. The Kier molecular flexibility index (Phi) is 10.9. The Hall–Kier alpha value is -5.03. The minimum absolute atomic E-state index is 0. The second-order valence-electron chi connectivity index (χ2n) is 14.3. The van der Waals surface area contributed by atoms with Crippen LogP contribution in [0.25, 0.3) is 11.3 Å². The van der Waals surface area contributed by atoms with E-state index < -0.39 is 17.5 Å². The standard InChI is InChI=1S/C43H42F2N4O4.ClH/c1-28-9-11-33(24-39(28)45)49(32-12-14-35(50)15-13-32)43(52)38-25-41(47-17-5-4-8-40(38)47)37-23-31(44)10-16-36(37)42(51)48-26-30-7-3-2-6-29(30)22-34(48)27-46-18-20-53-21-19-46;/h2-3,6-7,9-16,23-25,34,50H,4-5,8,17-22,26-27H2,1H3;1H/t34-;/m0./s1. The summed E-state index contributed by atoms with van der Waals surface area (Å²) in [6.07, 6.45) is 3.03. The molecule has 4 heterocycles. The smallest absolute Gasteiger partial charge is 0.264 e. The minimum atomic E-state index is -0.481. The number of hydrogen-bond acceptors (Lipinski definition) is 5. The molecule has 0 aliphatic carbocycles. The number of aromatic hydroxyl groups is 1. The Bertz CT molecular complexity index is 2180. The van der Waals surface area contributed by atoms with E-state index in [0.717, 1.165) is 37.2 Å². The van der Waals surface area contributed by atoms with Gasteiger partial charge in [-0.2, -0.15) is 0 Å². The second-order valence-corrected chi connectivity index (χ2v) is 14.3. The van der Waals surface area contributed by atoms with Gasteiger partial charge in [0.15, 0.2) is 0 Å². The van der Waals surface area contributed by atoms with Crippen LogP contribution >= 0.6 is 12.4 Å². The van der Waals surface area contributed by atoms with Crippen molar-refractivity contribution in [1.29, 1.82) is 0 Å². The summed E-state index contributed by atoms with van der Waals surface area (Å²) in [4.78, 5) is 35.4. The molecule has 0 radical (unpaired) electrons. The van der Waals surface area contributed by atoms with Gasteiger partial charge in [-0.25, -0.2) is 8.78 Å². The van der Waals surface area contributed by atoms with Crippen LogP contribution in [-0.2, 0) is 30.7 Å². The Morgan fingerprint density at radius 3 is 2.35 bits per heavy atom. The maximum Gasteiger partial charge on any atom is 0.264 e. The van der Waals surface area contributed by atoms with Crippen molar-refractivity contribution < 1.29 is 28.2 Å². The largest absolute Gasteiger partial charge is 0.508 e. The van der Waals surface area contributed by atoms with E-state index in [2.05, 4.69) is 17.0 Å². The first kappa shape index (κ1) is 37.3. The molecular weight excluding hydrogens is 710 g/mol. The van der Waals surface area contributed by atoms with Gasteiger partial charge < -0.3 is 19.3 Å². The topological polar surface area (TPSA) is 78.2 Å². The van der Waals surface area contributed by atoms with Gasteiger partial charge in [0.05, 0.1) is 24.5 Å². The van der Waals surface area contributed by atoms with Crippen LogP contribution < -0.4 is 4.90 Å². The minimum Gasteiger partial charge on any atom is -0.508 e. The zero-order valence-electron chi connectivity index (χ0n) is 30.1. The number of aryl methyl sites for hydroxylation is 1. The van der Waals surface area contributed by atoms with Gasteiger partial charge in [-0.05, 0) is 110 Å². The Labute approximate surface area is 320 Å². The number of carbonyl (C=O) groups excluding carboxylic acids is 2. The molecule has 1 aromatic heterocycles. The molecule has 0 saturated carbocycles. The van der Waals surface area contributed by atoms with Crippen LogP contribution in [0.4, 0.5) is 20.2 Å². The highest BCUT2D eigenvalue weighted by Crippen LogP contribution is 2.38. The molecule has 1 fully saturated rings. The van der Waals surface area contributed by atoms with Gasteiger partial charge >= 0.3 is 0 Å². The molecule has 8 nitrogen and oxygen atoms in total. The first-order valence-corrected chi connectivity index (χ1v) is 18.3. The van der Waals surface area contributed by atoms with Crippen LogP contribution in [0.2, 0.25) is 0 Å². The summed E-state index contributed by atoms with van der Waals surface area (Å²) in [5.74, 6) is -1.47. The van der Waals surface area contributed by atoms with Gasteiger partial charge in [-0.3, -0.25) is 19.4 Å². The molecule has 1 atom stereocenters. The molecule has 54 heavy (non-hydrogen) atoms. The SMILES string of the molecule is Cc1ccc(N(C(=O)c2cc(-c3cc(F)ccc3C(=O)N3Cc4ccccc4C[C@H]3CN3CCOCC3)n3c2CCCC3)c2ccc(O)cc2)cc1F.Cl. The van der Waals surface area contributed by atoms with Gasteiger partial charge in [-0.1, -0.05) is 30.3 Å². The lowest BCUT2D eigenvalue weighted by Crippen LogP contribution is -2.52. The molecule has 280 valence electrons. The fourth-order valence-corrected chi connectivity index (χ4v) is 8.05. The number of nitrogens with zero attached hydrogens (tertiary/aromatic N) is 4. The van der Waals surface area contributed by atoms with E-state index in [9.17, 15) is 19.1 Å². The molecule has 0 spiro atoms. The normalized spacial score (nSPS) is 16.9. The van der Waals surface area contributed by atoms with Gasteiger partial charge in [-0.15, -0.1) is 12.4 Å². The molecule has 0 unspecified atom stereocenters. The summed E-state index contributed by atoms with van der Waals surface area (Å²) >= 11 is 0. The van der Waals surface area contributed by atoms with Crippen molar-refractivity contribution in [2.24, 2.45) is 0 Å². The number of fused-ring (bicyclic) bond motifs is 2. The van der Waals surface area contributed by atoms with Crippen molar-refractivity contribution in [1.82, 2.24) is 14.4 Å². The highest BCUT2D eigenvalue weighted by Gasteiger charge is 2.35. The van der Waals surface area contributed by atoms with Crippen LogP contribution in [0.1, 0.15) is 55.9 Å². The first-order chi connectivity index (χ1) is 25.7. The van der Waals surface area contributed by atoms with Crippen LogP contribution in [0.15, 0.2) is 91.0 Å². The predicted octanol–water partition coefficient (Wildman–Crippen LogP) is 8.08. The molecule has 5 aromatic rings. The summed E-state index contributed by atoms with van der Waals surface area (Å²) in [5, 5.41) is 10.0. The second kappa shape index (κ2) is 15.8. The number of morpholine rings is 1. The van der Waals surface area contributed by atoms with Gasteiger partial charge in [0.1, 0.15) is 17.4 Å². The third-order valence-corrected chi connectivity index (χ3v) is 10.9. The first-order valence-electron chi connectivity index (χ1n) is 18.3. The number of phenols is 1. The van der Waals surface area contributed by atoms with E-state index in [1.807, 2.05) is 21.6 Å². The predicted molar refractivity (Wildman–Crippen MR) is 207 cm³/mol. The highest BCUT2D eigenvalue weighted by molar-refractivity contribution is 6.12. The number of halogens is 3. The van der Waals surface area contributed by atoms with Crippen LogP contribution in [0, 0.1) is 18.6 Å². The van der Waals surface area contributed by atoms with Crippen LogP contribution in [0.5, 0.6) is 5.75 Å². The zero-order valence-corrected chi connectivity index (χ0v) is 31.0. The molecule has 1 N–H and O–H groups in total. The molecule has 4 aromatic carbocycles. The van der Waals surface area contributed by atoms with E-state index in [-0.39, 0.29) is 30.1 Å². The quantitative estimate of drug-likeness (QED) is 0.182. The van der Waals surface area contributed by atoms with Crippen molar-refractivity contribution in [3.05, 3.63) is 136 Å². The maximum atomic E-state index is 15.3. The van der Waals surface area contributed by atoms with E-state index in [1.165, 1.54) is 40.8 Å². The van der Waals surface area contributed by atoms with Crippen molar-refractivity contribution in [3.8, 4) is 17.0 Å². The molecule has 1 saturated heterocycles. The number of hydrogen-bond donors (Lipinski definition) is 1. The zero-order chi connectivity index (χ0) is 36.6. The molecule has 0 bridgehead atoms. The Balaban J connectivity index is 0.00000450. The van der Waals surface area contributed by atoms with E-state index in [4.69, 9.17) is 4.74 Å².